The van der Waals surface area contributed by atoms with E-state index < -0.39 is 63.1 Å². The molecule has 0 radical (unpaired) electrons. The second-order valence-corrected chi connectivity index (χ2v) is 21.5. The predicted octanol–water partition coefficient (Wildman–Crippen LogP) is 13.8. The van der Waals surface area contributed by atoms with Crippen LogP contribution >= 0.6 is 7.82 Å². The standard InChI is InChI=1S/C57H107O12P/c1-3-5-7-9-11-13-15-17-19-21-23-25-26-27-28-30-32-34-36-38-40-42-44-46-51(58)68-50(49-67-70(64,65)69-57-55(62)53(60)52(59)54(61)56(57)63)48-66-47-45-43-41-39-37-35-33-31-29-24-22-20-18-16-14-12-10-8-6-4-2/h15,17-18,20-21,23,50,52-57,59-63H,3-14,16,19,22,24-49H2,1-2H3,(H,64,65)/b17-15-,20-18-,23-21-. The number of unbranched alkanes of at least 4 members (excludes halogenated alkanes) is 32. The molecule has 0 spiro atoms. The smallest absolute Gasteiger partial charge is 0.457 e. The summed E-state index contributed by atoms with van der Waals surface area (Å²) in [6, 6.07) is 0. The second kappa shape index (κ2) is 47.3. The normalized spacial score (nSPS) is 21.1. The highest BCUT2D eigenvalue weighted by Crippen LogP contribution is 2.47. The molecule has 1 rings (SSSR count). The molecule has 6 N–H and O–H groups in total. The van der Waals surface area contributed by atoms with Crippen LogP contribution < -0.4 is 0 Å². The van der Waals surface area contributed by atoms with Gasteiger partial charge >= 0.3 is 13.8 Å². The van der Waals surface area contributed by atoms with Crippen LogP contribution in [-0.4, -0.2) is 98.9 Å². The fraction of sp³-hybridized carbons (Fsp3) is 0.877. The zero-order valence-electron chi connectivity index (χ0n) is 44.6. The minimum absolute atomic E-state index is 0.0762. The average molecular weight is 1020 g/mol. The van der Waals surface area contributed by atoms with E-state index in [-0.39, 0.29) is 13.0 Å². The molecule has 1 fully saturated rings. The van der Waals surface area contributed by atoms with Gasteiger partial charge in [-0.25, -0.2) is 4.57 Å². The number of hydrogen-bond donors (Lipinski definition) is 6. The topological polar surface area (TPSA) is 192 Å². The molecule has 412 valence electrons. The van der Waals surface area contributed by atoms with Gasteiger partial charge in [0.15, 0.2) is 0 Å². The maximum Gasteiger partial charge on any atom is 0.472 e. The van der Waals surface area contributed by atoms with E-state index in [0.29, 0.717) is 13.0 Å². The van der Waals surface area contributed by atoms with Gasteiger partial charge in [-0.2, -0.15) is 0 Å². The number of aliphatic hydroxyl groups excluding tert-OH is 5. The summed E-state index contributed by atoms with van der Waals surface area (Å²) < 4.78 is 34.4. The molecule has 70 heavy (non-hydrogen) atoms. The van der Waals surface area contributed by atoms with Gasteiger partial charge in [-0.15, -0.1) is 0 Å². The summed E-state index contributed by atoms with van der Waals surface area (Å²) >= 11 is 0. The van der Waals surface area contributed by atoms with Crippen LogP contribution in [0.15, 0.2) is 36.5 Å². The van der Waals surface area contributed by atoms with Gasteiger partial charge in [0.2, 0.25) is 0 Å². The molecule has 1 aliphatic carbocycles. The third kappa shape index (κ3) is 38.2. The molecule has 0 heterocycles. The summed E-state index contributed by atoms with van der Waals surface area (Å²) in [5, 5.41) is 50.4. The van der Waals surface area contributed by atoms with Gasteiger partial charge in [-0.3, -0.25) is 13.8 Å². The van der Waals surface area contributed by atoms with Gasteiger partial charge in [-0.05, 0) is 70.6 Å². The van der Waals surface area contributed by atoms with Gasteiger partial charge in [0.1, 0.15) is 42.7 Å². The first-order valence-corrected chi connectivity index (χ1v) is 30.3. The van der Waals surface area contributed by atoms with Crippen LogP contribution in [0.3, 0.4) is 0 Å². The number of phosphoric ester groups is 1. The van der Waals surface area contributed by atoms with E-state index in [4.69, 9.17) is 18.5 Å². The number of hydrogen-bond acceptors (Lipinski definition) is 11. The summed E-state index contributed by atoms with van der Waals surface area (Å²) in [6.45, 7) is 4.29. The van der Waals surface area contributed by atoms with E-state index in [1.54, 1.807) is 0 Å². The Labute approximate surface area is 427 Å². The van der Waals surface area contributed by atoms with Crippen molar-refractivity contribution in [3.63, 3.8) is 0 Å². The number of rotatable bonds is 50. The maximum absolute atomic E-state index is 12.9. The first-order chi connectivity index (χ1) is 34.0. The summed E-state index contributed by atoms with van der Waals surface area (Å²) in [7, 11) is -5.03. The van der Waals surface area contributed by atoms with Gasteiger partial charge < -0.3 is 39.9 Å². The Hall–Kier alpha value is -1.44. The van der Waals surface area contributed by atoms with Crippen molar-refractivity contribution in [2.24, 2.45) is 0 Å². The Bertz CT molecular complexity index is 1300. The van der Waals surface area contributed by atoms with Crippen molar-refractivity contribution in [3.8, 4) is 0 Å². The minimum Gasteiger partial charge on any atom is -0.457 e. The fourth-order valence-corrected chi connectivity index (χ4v) is 9.89. The van der Waals surface area contributed by atoms with Crippen LogP contribution in [0, 0.1) is 0 Å². The highest BCUT2D eigenvalue weighted by Gasteiger charge is 2.51. The van der Waals surface area contributed by atoms with Crippen molar-refractivity contribution in [1.82, 2.24) is 0 Å². The Kier molecular flexibility index (Phi) is 45.0. The summed E-state index contributed by atoms with van der Waals surface area (Å²) in [4.78, 5) is 23.3. The summed E-state index contributed by atoms with van der Waals surface area (Å²) in [5.74, 6) is -0.476. The lowest BCUT2D eigenvalue weighted by molar-refractivity contribution is -0.220. The van der Waals surface area contributed by atoms with E-state index in [1.165, 1.54) is 186 Å². The average Bonchev–Trinajstić information content (AvgIpc) is 3.35. The molecular weight excluding hydrogens is 908 g/mol. The van der Waals surface area contributed by atoms with E-state index in [0.717, 1.165) is 44.9 Å². The number of aliphatic hydroxyl groups is 5. The molecule has 12 nitrogen and oxygen atoms in total. The Morgan fingerprint density at radius 1 is 0.457 bits per heavy atom. The highest BCUT2D eigenvalue weighted by atomic mass is 31.2. The van der Waals surface area contributed by atoms with Crippen LogP contribution in [0.5, 0.6) is 0 Å². The zero-order chi connectivity index (χ0) is 51.2. The zero-order valence-corrected chi connectivity index (χ0v) is 45.5. The number of carbonyl (C=O) groups is 1. The van der Waals surface area contributed by atoms with Gasteiger partial charge in [0.25, 0.3) is 0 Å². The molecule has 0 aromatic carbocycles. The Balaban J connectivity index is 2.28. The van der Waals surface area contributed by atoms with Gasteiger partial charge in [-0.1, -0.05) is 217 Å². The second-order valence-electron chi connectivity index (χ2n) is 20.1. The molecule has 1 saturated carbocycles. The fourth-order valence-electron chi connectivity index (χ4n) is 8.91. The number of esters is 1. The molecule has 0 amide bonds. The SMILES string of the molecule is CCCCCCC/C=C\C/C=C\CCCCCCCCCCCCCC(=O)OC(COCCCCCCCCCCCC/C=C\CCCCCCCC)COP(=O)(O)OC1C(O)C(O)C(O)C(O)C1O. The quantitative estimate of drug-likeness (QED) is 0.0146. The van der Waals surface area contributed by atoms with Crippen LogP contribution in [0.2, 0.25) is 0 Å². The largest absolute Gasteiger partial charge is 0.472 e. The maximum atomic E-state index is 12.9. The van der Waals surface area contributed by atoms with E-state index in [9.17, 15) is 39.8 Å². The molecule has 13 heteroatoms. The van der Waals surface area contributed by atoms with E-state index in [1.807, 2.05) is 0 Å². The molecule has 0 saturated heterocycles. The lowest BCUT2D eigenvalue weighted by Crippen LogP contribution is -2.64. The lowest BCUT2D eigenvalue weighted by Gasteiger charge is -2.41. The van der Waals surface area contributed by atoms with E-state index in [2.05, 4.69) is 50.3 Å². The van der Waals surface area contributed by atoms with Crippen LogP contribution in [0.4, 0.5) is 0 Å². The monoisotopic (exact) mass is 1010 g/mol. The highest BCUT2D eigenvalue weighted by molar-refractivity contribution is 7.47. The lowest BCUT2D eigenvalue weighted by atomic mass is 9.85. The first kappa shape index (κ1) is 66.6. The predicted molar refractivity (Wildman–Crippen MR) is 286 cm³/mol. The molecule has 0 aromatic heterocycles. The van der Waals surface area contributed by atoms with Gasteiger partial charge in [0, 0.05) is 13.0 Å². The molecule has 6 atom stereocenters. The molecule has 0 aliphatic heterocycles. The minimum atomic E-state index is -5.03. The van der Waals surface area contributed by atoms with Crippen molar-refractivity contribution < 1.29 is 58.3 Å². The third-order valence-corrected chi connectivity index (χ3v) is 14.5. The number of carbonyl (C=O) groups excluding carboxylic acids is 1. The van der Waals surface area contributed by atoms with Crippen LogP contribution in [-0.2, 0) is 27.9 Å². The Morgan fingerprint density at radius 2 is 0.800 bits per heavy atom. The molecule has 0 aromatic rings. The number of allylic oxidation sites excluding steroid dienone is 6. The van der Waals surface area contributed by atoms with Crippen LogP contribution in [0.1, 0.15) is 258 Å². The van der Waals surface area contributed by atoms with Crippen molar-refractivity contribution in [3.05, 3.63) is 36.5 Å². The molecule has 6 unspecified atom stereocenters. The number of ether oxygens (including phenoxy) is 2. The molecule has 0 bridgehead atoms. The summed E-state index contributed by atoms with van der Waals surface area (Å²) in [6.07, 6.45) is 46.4. The Morgan fingerprint density at radius 3 is 1.21 bits per heavy atom. The molecular formula is C57H107O12P. The molecule has 1 aliphatic rings. The first-order valence-electron chi connectivity index (χ1n) is 28.8. The van der Waals surface area contributed by atoms with Crippen molar-refractivity contribution in [1.29, 1.82) is 0 Å². The van der Waals surface area contributed by atoms with Crippen LogP contribution in [0.25, 0.3) is 0 Å². The van der Waals surface area contributed by atoms with Crippen molar-refractivity contribution >= 4 is 13.8 Å². The summed E-state index contributed by atoms with van der Waals surface area (Å²) in [5.41, 5.74) is 0. The van der Waals surface area contributed by atoms with Crippen molar-refractivity contribution in [2.75, 3.05) is 19.8 Å². The van der Waals surface area contributed by atoms with E-state index >= 15 is 0 Å². The third-order valence-electron chi connectivity index (χ3n) is 13.5. The van der Waals surface area contributed by atoms with Crippen molar-refractivity contribution in [2.45, 2.75) is 301 Å². The number of phosphoric acid groups is 1. The van der Waals surface area contributed by atoms with Gasteiger partial charge in [0.05, 0.1) is 13.2 Å².